The maximum absolute atomic E-state index is 5.96. The van der Waals surface area contributed by atoms with Crippen LogP contribution in [0.4, 0.5) is 0 Å². The molecule has 0 aromatic heterocycles. The highest BCUT2D eigenvalue weighted by Gasteiger charge is 2.22. The zero-order valence-electron chi connectivity index (χ0n) is 9.65. The van der Waals surface area contributed by atoms with Crippen LogP contribution in [0.5, 0.6) is 5.75 Å². The van der Waals surface area contributed by atoms with Crippen molar-refractivity contribution in [2.45, 2.75) is 19.8 Å². The number of hydrogen-bond acceptors (Lipinski definition) is 2. The van der Waals surface area contributed by atoms with Gasteiger partial charge in [0.1, 0.15) is 11.6 Å². The molecule has 2 N–H and O–H groups in total. The second-order valence-electron chi connectivity index (χ2n) is 4.13. The number of nitrogens with zero attached hydrogens (tertiary/aromatic N) is 1. The highest BCUT2D eigenvalue weighted by molar-refractivity contribution is 5.83. The van der Waals surface area contributed by atoms with Crippen molar-refractivity contribution >= 4 is 5.84 Å². The maximum atomic E-state index is 5.96. The van der Waals surface area contributed by atoms with Gasteiger partial charge in [0.15, 0.2) is 0 Å². The van der Waals surface area contributed by atoms with Crippen molar-refractivity contribution < 1.29 is 4.74 Å². The van der Waals surface area contributed by atoms with Crippen LogP contribution in [-0.4, -0.2) is 19.0 Å². The Hall–Kier alpha value is -1.51. The van der Waals surface area contributed by atoms with E-state index in [0.29, 0.717) is 6.61 Å². The maximum Gasteiger partial charge on any atom is 0.122 e. The summed E-state index contributed by atoms with van der Waals surface area (Å²) < 4.78 is 5.68. The van der Waals surface area contributed by atoms with Crippen LogP contribution < -0.4 is 10.5 Å². The van der Waals surface area contributed by atoms with E-state index in [-0.39, 0.29) is 5.92 Å². The van der Waals surface area contributed by atoms with Gasteiger partial charge in [0.05, 0.1) is 12.5 Å². The average molecular weight is 218 g/mol. The van der Waals surface area contributed by atoms with E-state index in [2.05, 4.69) is 18.0 Å². The molecule has 1 aliphatic heterocycles. The summed E-state index contributed by atoms with van der Waals surface area (Å²) in [5, 5.41) is 0. The summed E-state index contributed by atoms with van der Waals surface area (Å²) >= 11 is 0. The summed E-state index contributed by atoms with van der Waals surface area (Å²) in [5.41, 5.74) is 7.19. The van der Waals surface area contributed by atoms with E-state index in [9.17, 15) is 0 Å². The summed E-state index contributed by atoms with van der Waals surface area (Å²) in [7, 11) is 0. The van der Waals surface area contributed by atoms with Gasteiger partial charge in [-0.15, -0.1) is 0 Å². The Morgan fingerprint density at radius 3 is 3.12 bits per heavy atom. The first kappa shape index (κ1) is 11.0. The van der Waals surface area contributed by atoms with Crippen molar-refractivity contribution in [3.05, 3.63) is 29.8 Å². The van der Waals surface area contributed by atoms with Crippen LogP contribution in [0.25, 0.3) is 0 Å². The van der Waals surface area contributed by atoms with Crippen molar-refractivity contribution in [2.75, 3.05) is 13.2 Å². The lowest BCUT2D eigenvalue weighted by Crippen LogP contribution is -2.33. The van der Waals surface area contributed by atoms with E-state index >= 15 is 0 Å². The minimum absolute atomic E-state index is 0.237. The van der Waals surface area contributed by atoms with Gasteiger partial charge in [0, 0.05) is 6.54 Å². The van der Waals surface area contributed by atoms with Crippen molar-refractivity contribution in [3.8, 4) is 5.75 Å². The number of para-hydroxylation sites is 1. The zero-order valence-corrected chi connectivity index (χ0v) is 9.65. The Labute approximate surface area is 96.3 Å². The fraction of sp³-hybridized carbons (Fsp3) is 0.462. The molecule has 86 valence electrons. The van der Waals surface area contributed by atoms with Gasteiger partial charge in [0.25, 0.3) is 0 Å². The number of ether oxygens (including phenoxy) is 1. The van der Waals surface area contributed by atoms with Crippen molar-refractivity contribution in [1.82, 2.24) is 0 Å². The van der Waals surface area contributed by atoms with Crippen molar-refractivity contribution in [3.63, 3.8) is 0 Å². The number of nitrogens with two attached hydrogens (primary N) is 1. The van der Waals surface area contributed by atoms with Crippen LogP contribution in [0.1, 0.15) is 18.9 Å². The predicted molar refractivity (Wildman–Crippen MR) is 65.9 cm³/mol. The third-order valence-electron chi connectivity index (χ3n) is 2.82. The molecule has 1 atom stereocenters. The normalized spacial score (nSPS) is 20.1. The van der Waals surface area contributed by atoms with Crippen LogP contribution in [0.2, 0.25) is 0 Å². The van der Waals surface area contributed by atoms with Crippen LogP contribution in [0.15, 0.2) is 29.3 Å². The molecule has 0 bridgehead atoms. The third-order valence-corrected chi connectivity index (χ3v) is 2.82. The molecule has 0 saturated heterocycles. The van der Waals surface area contributed by atoms with E-state index in [1.165, 1.54) is 5.56 Å². The largest absolute Gasteiger partial charge is 0.493 e. The molecule has 0 amide bonds. The summed E-state index contributed by atoms with van der Waals surface area (Å²) in [6, 6.07) is 8.12. The SMILES string of the molecule is CCCN=C(N)C1COc2ccccc2C1. The van der Waals surface area contributed by atoms with Gasteiger partial charge in [-0.25, -0.2) is 0 Å². The molecule has 1 aromatic carbocycles. The molecule has 2 rings (SSSR count). The van der Waals surface area contributed by atoms with Gasteiger partial charge in [0.2, 0.25) is 0 Å². The van der Waals surface area contributed by atoms with Crippen molar-refractivity contribution in [1.29, 1.82) is 0 Å². The molecule has 1 unspecified atom stereocenters. The molecule has 0 saturated carbocycles. The first-order valence-corrected chi connectivity index (χ1v) is 5.81. The van der Waals surface area contributed by atoms with Crippen LogP contribution in [0, 0.1) is 5.92 Å². The van der Waals surface area contributed by atoms with Gasteiger partial charge >= 0.3 is 0 Å². The summed E-state index contributed by atoms with van der Waals surface area (Å²) in [6.07, 6.45) is 1.97. The Kier molecular flexibility index (Phi) is 3.44. The number of amidine groups is 1. The van der Waals surface area contributed by atoms with E-state index in [1.54, 1.807) is 0 Å². The molecule has 1 aliphatic rings. The summed E-state index contributed by atoms with van der Waals surface area (Å²) in [5.74, 6) is 1.96. The molecule has 3 heteroatoms. The molecule has 3 nitrogen and oxygen atoms in total. The van der Waals surface area contributed by atoms with E-state index in [0.717, 1.165) is 31.0 Å². The Balaban J connectivity index is 2.08. The smallest absolute Gasteiger partial charge is 0.122 e. The standard InChI is InChI=1S/C13H18N2O/c1-2-7-15-13(14)11-8-10-5-3-4-6-12(10)16-9-11/h3-6,11H,2,7-9H2,1H3,(H2,14,15). The lowest BCUT2D eigenvalue weighted by atomic mass is 9.96. The second-order valence-corrected chi connectivity index (χ2v) is 4.13. The number of hydrogen-bond donors (Lipinski definition) is 1. The number of aliphatic imine (C=N–C) groups is 1. The molecule has 16 heavy (non-hydrogen) atoms. The average Bonchev–Trinajstić information content (AvgIpc) is 2.35. The lowest BCUT2D eigenvalue weighted by molar-refractivity contribution is 0.258. The Morgan fingerprint density at radius 2 is 2.31 bits per heavy atom. The molecule has 1 aromatic rings. The van der Waals surface area contributed by atoms with Gasteiger partial charge in [-0.3, -0.25) is 4.99 Å². The van der Waals surface area contributed by atoms with E-state index in [1.807, 2.05) is 18.2 Å². The molecule has 0 spiro atoms. The van der Waals surface area contributed by atoms with Gasteiger partial charge in [-0.2, -0.15) is 0 Å². The molecule has 1 heterocycles. The van der Waals surface area contributed by atoms with E-state index in [4.69, 9.17) is 10.5 Å². The molecular weight excluding hydrogens is 200 g/mol. The number of rotatable bonds is 3. The molecule has 0 aliphatic carbocycles. The quantitative estimate of drug-likeness (QED) is 0.623. The van der Waals surface area contributed by atoms with Gasteiger partial charge in [-0.1, -0.05) is 25.1 Å². The van der Waals surface area contributed by atoms with Crippen molar-refractivity contribution in [2.24, 2.45) is 16.6 Å². The summed E-state index contributed by atoms with van der Waals surface area (Å²) in [4.78, 5) is 4.35. The molecule has 0 fully saturated rings. The Bertz CT molecular complexity index is 387. The topological polar surface area (TPSA) is 47.6 Å². The Morgan fingerprint density at radius 1 is 1.50 bits per heavy atom. The first-order chi connectivity index (χ1) is 7.81. The number of fused-ring (bicyclic) bond motifs is 1. The van der Waals surface area contributed by atoms with Crippen LogP contribution in [0.3, 0.4) is 0 Å². The predicted octanol–water partition coefficient (Wildman–Crippen LogP) is 2.00. The summed E-state index contributed by atoms with van der Waals surface area (Å²) in [6.45, 7) is 3.56. The monoisotopic (exact) mass is 218 g/mol. The van der Waals surface area contributed by atoms with Gasteiger partial charge in [-0.05, 0) is 24.5 Å². The highest BCUT2D eigenvalue weighted by atomic mass is 16.5. The fourth-order valence-electron chi connectivity index (χ4n) is 1.89. The van der Waals surface area contributed by atoms with Gasteiger partial charge < -0.3 is 10.5 Å². The van der Waals surface area contributed by atoms with Crippen LogP contribution >= 0.6 is 0 Å². The molecule has 0 radical (unpaired) electrons. The number of benzene rings is 1. The minimum atomic E-state index is 0.237. The lowest BCUT2D eigenvalue weighted by Gasteiger charge is -2.24. The minimum Gasteiger partial charge on any atom is -0.493 e. The highest BCUT2D eigenvalue weighted by Crippen LogP contribution is 2.26. The molecular formula is C13H18N2O. The van der Waals surface area contributed by atoms with Crippen LogP contribution in [-0.2, 0) is 6.42 Å². The first-order valence-electron chi connectivity index (χ1n) is 5.81. The van der Waals surface area contributed by atoms with E-state index < -0.39 is 0 Å². The third kappa shape index (κ3) is 2.35. The second kappa shape index (κ2) is 5.01. The fourth-order valence-corrected chi connectivity index (χ4v) is 1.89. The zero-order chi connectivity index (χ0) is 11.4.